The number of pyridine rings is 1. The third-order valence-corrected chi connectivity index (χ3v) is 2.19. The Bertz CT molecular complexity index is 391. The Kier molecular flexibility index (Phi) is 3.69. The van der Waals surface area contributed by atoms with Crippen LogP contribution in [-0.4, -0.2) is 4.98 Å². The molecular weight excluding hydrogens is 255 g/mol. The highest BCUT2D eigenvalue weighted by atomic mass is 35.5. The summed E-state index contributed by atoms with van der Waals surface area (Å²) in [6.45, 7) is -0.510. The molecule has 0 spiro atoms. The van der Waals surface area contributed by atoms with Crippen LogP contribution in [0.5, 0.6) is 0 Å². The topological polar surface area (TPSA) is 38.9 Å². The minimum atomic E-state index is -4.96. The number of hydrogen-bond acceptors (Lipinski definition) is 2. The molecule has 0 amide bonds. The number of aromatic nitrogens is 1. The number of halogens is 6. The van der Waals surface area contributed by atoms with Crippen LogP contribution in [0.25, 0.3) is 0 Å². The highest BCUT2D eigenvalue weighted by Gasteiger charge is 2.39. The third kappa shape index (κ3) is 2.41. The Morgan fingerprint density at radius 1 is 1.38 bits per heavy atom. The SMILES string of the molecule is NCc1c(Cl)cnc(C(F)(F)F)c1C(F)F. The van der Waals surface area contributed by atoms with E-state index in [4.69, 9.17) is 17.3 Å². The molecule has 90 valence electrons. The average molecular weight is 261 g/mol. The first kappa shape index (κ1) is 13.1. The van der Waals surface area contributed by atoms with Crippen molar-refractivity contribution in [1.82, 2.24) is 4.98 Å². The fourth-order valence-corrected chi connectivity index (χ4v) is 1.44. The van der Waals surface area contributed by atoms with Gasteiger partial charge in [-0.3, -0.25) is 0 Å². The smallest absolute Gasteiger partial charge is 0.326 e. The van der Waals surface area contributed by atoms with Crippen LogP contribution in [0.3, 0.4) is 0 Å². The molecule has 8 heteroatoms. The summed E-state index contributed by atoms with van der Waals surface area (Å²) in [6.07, 6.45) is -7.62. The van der Waals surface area contributed by atoms with Gasteiger partial charge < -0.3 is 5.73 Å². The number of hydrogen-bond donors (Lipinski definition) is 1. The summed E-state index contributed by atoms with van der Waals surface area (Å²) in [5.41, 5.74) is 1.76. The molecular formula is C8H6ClF5N2. The molecule has 0 unspecified atom stereocenters. The Morgan fingerprint density at radius 3 is 2.31 bits per heavy atom. The van der Waals surface area contributed by atoms with E-state index in [9.17, 15) is 22.0 Å². The number of nitrogens with zero attached hydrogens (tertiary/aromatic N) is 1. The minimum Gasteiger partial charge on any atom is -0.326 e. The fourth-order valence-electron chi connectivity index (χ4n) is 1.21. The van der Waals surface area contributed by atoms with E-state index < -0.39 is 36.0 Å². The second kappa shape index (κ2) is 4.50. The van der Waals surface area contributed by atoms with Crippen LogP contribution in [0.2, 0.25) is 5.02 Å². The second-order valence-corrected chi connectivity index (χ2v) is 3.26. The van der Waals surface area contributed by atoms with Gasteiger partial charge in [-0.05, 0) is 5.56 Å². The zero-order chi connectivity index (χ0) is 12.5. The van der Waals surface area contributed by atoms with Crippen LogP contribution >= 0.6 is 11.6 Å². The van der Waals surface area contributed by atoms with E-state index in [1.165, 1.54) is 0 Å². The monoisotopic (exact) mass is 260 g/mol. The molecule has 16 heavy (non-hydrogen) atoms. The summed E-state index contributed by atoms with van der Waals surface area (Å²) in [4.78, 5) is 2.89. The molecule has 0 aliphatic rings. The number of alkyl halides is 5. The lowest BCUT2D eigenvalue weighted by molar-refractivity contribution is -0.143. The van der Waals surface area contributed by atoms with Gasteiger partial charge in [0.1, 0.15) is 0 Å². The fraction of sp³-hybridized carbons (Fsp3) is 0.375. The Hall–Kier alpha value is -0.950. The van der Waals surface area contributed by atoms with Crippen LogP contribution in [-0.2, 0) is 12.7 Å². The van der Waals surface area contributed by atoms with Gasteiger partial charge in [0.25, 0.3) is 6.43 Å². The molecule has 0 fully saturated rings. The third-order valence-electron chi connectivity index (χ3n) is 1.87. The van der Waals surface area contributed by atoms with Crippen molar-refractivity contribution in [3.63, 3.8) is 0 Å². The van der Waals surface area contributed by atoms with Crippen LogP contribution in [0.4, 0.5) is 22.0 Å². The quantitative estimate of drug-likeness (QED) is 0.830. The van der Waals surface area contributed by atoms with Gasteiger partial charge in [-0.25, -0.2) is 13.8 Å². The molecule has 1 rings (SSSR count). The predicted octanol–water partition coefficient (Wildman–Crippen LogP) is 3.15. The maximum Gasteiger partial charge on any atom is 0.433 e. The molecule has 2 N–H and O–H groups in total. The van der Waals surface area contributed by atoms with Gasteiger partial charge in [-0.1, -0.05) is 11.6 Å². The first-order valence-corrected chi connectivity index (χ1v) is 4.39. The number of nitrogens with two attached hydrogens (primary N) is 1. The average Bonchev–Trinajstić information content (AvgIpc) is 2.14. The minimum absolute atomic E-state index is 0.300. The van der Waals surface area contributed by atoms with E-state index in [0.717, 1.165) is 0 Å². The Morgan fingerprint density at radius 2 is 1.94 bits per heavy atom. The van der Waals surface area contributed by atoms with Gasteiger partial charge in [-0.15, -0.1) is 0 Å². The van der Waals surface area contributed by atoms with E-state index in [1.54, 1.807) is 0 Å². The lowest BCUT2D eigenvalue weighted by Crippen LogP contribution is -2.16. The van der Waals surface area contributed by atoms with Crippen molar-refractivity contribution in [2.45, 2.75) is 19.1 Å². The van der Waals surface area contributed by atoms with Crippen molar-refractivity contribution >= 4 is 11.6 Å². The van der Waals surface area contributed by atoms with Crippen molar-refractivity contribution < 1.29 is 22.0 Å². The molecule has 0 aliphatic heterocycles. The first-order chi connectivity index (χ1) is 7.29. The zero-order valence-electron chi connectivity index (χ0n) is 7.65. The van der Waals surface area contributed by atoms with E-state index in [1.807, 2.05) is 0 Å². The molecule has 1 aromatic heterocycles. The Labute approximate surface area is 92.2 Å². The lowest BCUT2D eigenvalue weighted by Gasteiger charge is -2.15. The zero-order valence-corrected chi connectivity index (χ0v) is 8.41. The highest BCUT2D eigenvalue weighted by molar-refractivity contribution is 6.31. The van der Waals surface area contributed by atoms with Crippen LogP contribution < -0.4 is 5.73 Å². The molecule has 1 heterocycles. The van der Waals surface area contributed by atoms with Crippen molar-refractivity contribution in [3.05, 3.63) is 28.0 Å². The van der Waals surface area contributed by atoms with Crippen molar-refractivity contribution in [2.75, 3.05) is 0 Å². The lowest BCUT2D eigenvalue weighted by atomic mass is 10.1. The van der Waals surface area contributed by atoms with Crippen LogP contribution in [0.1, 0.15) is 23.2 Å². The van der Waals surface area contributed by atoms with Gasteiger partial charge in [0.2, 0.25) is 0 Å². The van der Waals surface area contributed by atoms with Crippen molar-refractivity contribution in [2.24, 2.45) is 5.73 Å². The van der Waals surface area contributed by atoms with Gasteiger partial charge in [-0.2, -0.15) is 13.2 Å². The van der Waals surface area contributed by atoms with Gasteiger partial charge in [0.15, 0.2) is 5.69 Å². The molecule has 0 bridgehead atoms. The molecule has 0 aliphatic carbocycles. The second-order valence-electron chi connectivity index (χ2n) is 2.85. The largest absolute Gasteiger partial charge is 0.433 e. The van der Waals surface area contributed by atoms with Gasteiger partial charge in [0, 0.05) is 12.7 Å². The van der Waals surface area contributed by atoms with E-state index in [-0.39, 0.29) is 5.02 Å². The highest BCUT2D eigenvalue weighted by Crippen LogP contribution is 2.38. The summed E-state index contributed by atoms with van der Waals surface area (Å²) < 4.78 is 62.2. The maximum absolute atomic E-state index is 12.5. The maximum atomic E-state index is 12.5. The summed E-state index contributed by atoms with van der Waals surface area (Å²) in [6, 6.07) is 0. The molecule has 0 radical (unpaired) electrons. The number of rotatable bonds is 2. The normalized spacial score (nSPS) is 12.2. The van der Waals surface area contributed by atoms with Crippen molar-refractivity contribution in [1.29, 1.82) is 0 Å². The summed E-state index contributed by atoms with van der Waals surface area (Å²) >= 11 is 5.45. The summed E-state index contributed by atoms with van der Waals surface area (Å²) in [7, 11) is 0. The van der Waals surface area contributed by atoms with Crippen LogP contribution in [0.15, 0.2) is 6.20 Å². The molecule has 0 atom stereocenters. The van der Waals surface area contributed by atoms with Gasteiger partial charge in [0.05, 0.1) is 10.6 Å². The van der Waals surface area contributed by atoms with Crippen LogP contribution in [0, 0.1) is 0 Å². The van der Waals surface area contributed by atoms with E-state index in [0.29, 0.717) is 6.20 Å². The molecule has 0 saturated heterocycles. The molecule has 0 saturated carbocycles. The molecule has 2 nitrogen and oxygen atoms in total. The predicted molar refractivity (Wildman–Crippen MR) is 47.1 cm³/mol. The Balaban J connectivity index is 3.52. The van der Waals surface area contributed by atoms with E-state index in [2.05, 4.69) is 4.98 Å². The standard InChI is InChI=1S/C8H6ClF5N2/c9-4-2-16-6(8(12,13)14)5(7(10)11)3(4)1-15/h2,7H,1,15H2. The molecule has 1 aromatic rings. The van der Waals surface area contributed by atoms with Crippen molar-refractivity contribution in [3.8, 4) is 0 Å². The first-order valence-electron chi connectivity index (χ1n) is 4.01. The summed E-state index contributed by atoms with van der Waals surface area (Å²) in [5, 5.41) is -0.300. The summed E-state index contributed by atoms with van der Waals surface area (Å²) in [5.74, 6) is 0. The molecule has 0 aromatic carbocycles. The van der Waals surface area contributed by atoms with Gasteiger partial charge >= 0.3 is 6.18 Å². The van der Waals surface area contributed by atoms with E-state index >= 15 is 0 Å².